The lowest BCUT2D eigenvalue weighted by Gasteiger charge is -2.36. The highest BCUT2D eigenvalue weighted by Crippen LogP contribution is 2.39. The topological polar surface area (TPSA) is 60.0 Å². The summed E-state index contributed by atoms with van der Waals surface area (Å²) in [4.78, 5) is 13.4. The van der Waals surface area contributed by atoms with E-state index in [-0.39, 0.29) is 24.6 Å². The van der Waals surface area contributed by atoms with Crippen LogP contribution in [0.25, 0.3) is 10.8 Å². The number of carbonyl (C=O) groups excluding carboxylic acids is 1. The molecule has 0 aliphatic carbocycles. The van der Waals surface area contributed by atoms with Crippen molar-refractivity contribution in [2.45, 2.75) is 25.5 Å². The molecule has 0 aromatic heterocycles. The van der Waals surface area contributed by atoms with E-state index in [9.17, 15) is 9.18 Å². The van der Waals surface area contributed by atoms with Crippen molar-refractivity contribution < 1.29 is 23.4 Å². The van der Waals surface area contributed by atoms with Gasteiger partial charge in [-0.15, -0.1) is 0 Å². The molecule has 38 heavy (non-hydrogen) atoms. The Morgan fingerprint density at radius 3 is 2.68 bits per heavy atom. The Balaban J connectivity index is 1.27. The van der Waals surface area contributed by atoms with Crippen LogP contribution in [0.1, 0.15) is 24.9 Å². The third-order valence-electron chi connectivity index (χ3n) is 6.83. The van der Waals surface area contributed by atoms with Crippen molar-refractivity contribution >= 4 is 28.1 Å². The molecule has 0 fully saturated rings. The summed E-state index contributed by atoms with van der Waals surface area (Å²) in [5, 5.41) is 6.14. The molecule has 1 N–H and O–H groups in total. The third-order valence-corrected chi connectivity index (χ3v) is 6.83. The number of esters is 1. The number of methoxy groups -OCH3 is 1. The summed E-state index contributed by atoms with van der Waals surface area (Å²) in [5.41, 5.74) is 2.83. The second-order valence-electron chi connectivity index (χ2n) is 9.35. The van der Waals surface area contributed by atoms with Gasteiger partial charge in [0.1, 0.15) is 23.4 Å². The fraction of sp³-hybridized carbons (Fsp3) is 0.258. The molecule has 6 nitrogen and oxygen atoms in total. The molecule has 0 radical (unpaired) electrons. The van der Waals surface area contributed by atoms with Crippen LogP contribution in [0.5, 0.6) is 11.5 Å². The highest BCUT2D eigenvalue weighted by atomic mass is 19.1. The molecule has 196 valence electrons. The Hall–Kier alpha value is -4.10. The smallest absolute Gasteiger partial charge is 0.343 e. The lowest BCUT2D eigenvalue weighted by molar-refractivity contribution is -0.142. The van der Waals surface area contributed by atoms with Crippen LogP contribution in [0.2, 0.25) is 0 Å². The van der Waals surface area contributed by atoms with Crippen LogP contribution in [0.3, 0.4) is 0 Å². The zero-order chi connectivity index (χ0) is 26.5. The standard InChI is InChI=1S/C31H31FN2O4/c1-21(27-9-5-7-22-6-3-4-8-28(22)27)33-17-16-26-19-34(29-18-23(32)10-15-30(29)38-26)24-11-13-25(14-12-24)37-20-31(35)36-2/h3-15,18,21,26,33H,16-17,19-20H2,1-2H3/t21-,26?/m1/s1. The monoisotopic (exact) mass is 514 g/mol. The number of ether oxygens (including phenoxy) is 3. The van der Waals surface area contributed by atoms with Gasteiger partial charge in [-0.25, -0.2) is 9.18 Å². The zero-order valence-electron chi connectivity index (χ0n) is 21.5. The van der Waals surface area contributed by atoms with Crippen LogP contribution in [0.4, 0.5) is 15.8 Å². The second-order valence-corrected chi connectivity index (χ2v) is 9.35. The summed E-state index contributed by atoms with van der Waals surface area (Å²) in [6, 6.07) is 27.0. The molecule has 2 atom stereocenters. The lowest BCUT2D eigenvalue weighted by Crippen LogP contribution is -2.39. The van der Waals surface area contributed by atoms with E-state index in [4.69, 9.17) is 9.47 Å². The number of benzene rings is 4. The van der Waals surface area contributed by atoms with Gasteiger partial charge in [0.05, 0.1) is 19.3 Å². The molecule has 0 bridgehead atoms. The molecule has 5 rings (SSSR count). The van der Waals surface area contributed by atoms with Crippen LogP contribution in [0, 0.1) is 5.82 Å². The number of carbonyl (C=O) groups is 1. The quantitative estimate of drug-likeness (QED) is 0.270. The summed E-state index contributed by atoms with van der Waals surface area (Å²) in [5.74, 6) is 0.433. The lowest BCUT2D eigenvalue weighted by atomic mass is 9.99. The first kappa shape index (κ1) is 25.5. The Morgan fingerprint density at radius 2 is 1.87 bits per heavy atom. The first-order valence-corrected chi connectivity index (χ1v) is 12.8. The van der Waals surface area contributed by atoms with Crippen molar-refractivity contribution in [3.8, 4) is 11.5 Å². The van der Waals surface area contributed by atoms with Gasteiger partial charge in [0, 0.05) is 17.8 Å². The van der Waals surface area contributed by atoms with E-state index in [0.29, 0.717) is 23.7 Å². The number of halogens is 1. The SMILES string of the molecule is COC(=O)COc1ccc(N2CC(CCN[C@H](C)c3cccc4ccccc34)Oc3ccc(F)cc32)cc1. The van der Waals surface area contributed by atoms with Crippen LogP contribution in [-0.2, 0) is 9.53 Å². The van der Waals surface area contributed by atoms with Crippen molar-refractivity contribution in [3.05, 3.63) is 96.3 Å². The molecule has 4 aromatic rings. The van der Waals surface area contributed by atoms with Crippen LogP contribution in [0.15, 0.2) is 84.9 Å². The number of anilines is 2. The Morgan fingerprint density at radius 1 is 1.08 bits per heavy atom. The fourth-order valence-electron chi connectivity index (χ4n) is 4.84. The van der Waals surface area contributed by atoms with Crippen LogP contribution >= 0.6 is 0 Å². The van der Waals surface area contributed by atoms with Crippen LogP contribution in [-0.4, -0.2) is 38.9 Å². The van der Waals surface area contributed by atoms with E-state index in [1.807, 2.05) is 12.1 Å². The second kappa shape index (κ2) is 11.5. The average molecular weight is 515 g/mol. The largest absolute Gasteiger partial charge is 0.486 e. The number of rotatable bonds is 9. The summed E-state index contributed by atoms with van der Waals surface area (Å²) in [7, 11) is 1.32. The first-order chi connectivity index (χ1) is 18.5. The molecule has 1 heterocycles. The van der Waals surface area contributed by atoms with Crippen molar-refractivity contribution in [2.75, 3.05) is 31.7 Å². The predicted molar refractivity (Wildman–Crippen MR) is 147 cm³/mol. The first-order valence-electron chi connectivity index (χ1n) is 12.8. The Kier molecular flexibility index (Phi) is 7.75. The number of hydrogen-bond acceptors (Lipinski definition) is 6. The number of nitrogens with zero attached hydrogens (tertiary/aromatic N) is 1. The summed E-state index contributed by atoms with van der Waals surface area (Å²) in [6.07, 6.45) is 0.693. The molecule has 1 unspecified atom stereocenters. The highest BCUT2D eigenvalue weighted by molar-refractivity contribution is 5.86. The van der Waals surface area contributed by atoms with Crippen LogP contribution < -0.4 is 19.7 Å². The minimum absolute atomic E-state index is 0.0876. The van der Waals surface area contributed by atoms with Gasteiger partial charge >= 0.3 is 5.97 Å². The average Bonchev–Trinajstić information content (AvgIpc) is 2.95. The zero-order valence-corrected chi connectivity index (χ0v) is 21.5. The Labute approximate surface area is 221 Å². The minimum atomic E-state index is -0.446. The molecule has 1 aliphatic rings. The summed E-state index contributed by atoms with van der Waals surface area (Å²) in [6.45, 7) is 3.36. The summed E-state index contributed by atoms with van der Waals surface area (Å²) >= 11 is 0. The number of hydrogen-bond donors (Lipinski definition) is 1. The molecule has 1 aliphatic heterocycles. The molecule has 0 saturated heterocycles. The molecule has 4 aromatic carbocycles. The van der Waals surface area contributed by atoms with E-state index in [1.54, 1.807) is 18.2 Å². The molecule has 0 spiro atoms. The molecular formula is C31H31FN2O4. The van der Waals surface area contributed by atoms with Gasteiger partial charge in [-0.2, -0.15) is 0 Å². The van der Waals surface area contributed by atoms with Gasteiger partial charge in [0.15, 0.2) is 6.61 Å². The van der Waals surface area contributed by atoms with Crippen molar-refractivity contribution in [1.29, 1.82) is 0 Å². The molecule has 7 heteroatoms. The fourth-order valence-corrected chi connectivity index (χ4v) is 4.84. The highest BCUT2D eigenvalue weighted by Gasteiger charge is 2.27. The van der Waals surface area contributed by atoms with E-state index < -0.39 is 5.97 Å². The molecular weight excluding hydrogens is 483 g/mol. The summed E-state index contributed by atoms with van der Waals surface area (Å²) < 4.78 is 30.5. The maximum Gasteiger partial charge on any atom is 0.343 e. The normalized spacial score (nSPS) is 15.4. The van der Waals surface area contributed by atoms with E-state index in [2.05, 4.69) is 64.3 Å². The predicted octanol–water partition coefficient (Wildman–Crippen LogP) is 6.17. The number of nitrogens with one attached hydrogen (secondary N) is 1. The van der Waals surface area contributed by atoms with Gasteiger partial charge in [-0.1, -0.05) is 42.5 Å². The van der Waals surface area contributed by atoms with Gasteiger partial charge in [-0.05, 0) is 72.6 Å². The van der Waals surface area contributed by atoms with E-state index in [0.717, 1.165) is 18.7 Å². The van der Waals surface area contributed by atoms with Gasteiger partial charge in [-0.3, -0.25) is 0 Å². The van der Waals surface area contributed by atoms with Gasteiger partial charge in [0.2, 0.25) is 0 Å². The van der Waals surface area contributed by atoms with Crippen molar-refractivity contribution in [3.63, 3.8) is 0 Å². The maximum absolute atomic E-state index is 14.2. The van der Waals surface area contributed by atoms with Gasteiger partial charge < -0.3 is 24.4 Å². The Bertz CT molecular complexity index is 1400. The third kappa shape index (κ3) is 5.73. The van der Waals surface area contributed by atoms with Crippen molar-refractivity contribution in [1.82, 2.24) is 5.32 Å². The van der Waals surface area contributed by atoms with Crippen molar-refractivity contribution in [2.24, 2.45) is 0 Å². The molecule has 0 amide bonds. The maximum atomic E-state index is 14.2. The minimum Gasteiger partial charge on any atom is -0.486 e. The molecule has 0 saturated carbocycles. The van der Waals surface area contributed by atoms with Gasteiger partial charge in [0.25, 0.3) is 0 Å². The van der Waals surface area contributed by atoms with E-state index in [1.165, 1.54) is 35.6 Å². The number of fused-ring (bicyclic) bond motifs is 2. The van der Waals surface area contributed by atoms with E-state index >= 15 is 0 Å².